The first-order valence-electron chi connectivity index (χ1n) is 16.5. The predicted molar refractivity (Wildman–Crippen MR) is 201 cm³/mol. The maximum absolute atomic E-state index is 5.51. The van der Waals surface area contributed by atoms with E-state index in [1.165, 1.54) is 10.8 Å². The van der Waals surface area contributed by atoms with Gasteiger partial charge in [-0.2, -0.15) is 4.98 Å². The van der Waals surface area contributed by atoms with Crippen molar-refractivity contribution in [1.82, 2.24) is 23.7 Å². The van der Waals surface area contributed by atoms with Gasteiger partial charge in [0, 0.05) is 50.9 Å². The first-order chi connectivity index (χ1) is 24.3. The minimum absolute atomic E-state index is 0.632. The van der Waals surface area contributed by atoms with E-state index in [0.717, 1.165) is 66.7 Å². The van der Waals surface area contributed by atoms with E-state index in [0.29, 0.717) is 5.95 Å². The Kier molecular flexibility index (Phi) is 6.11. The largest absolute Gasteiger partial charge is 0.316 e. The van der Waals surface area contributed by atoms with E-state index in [9.17, 15) is 0 Å². The van der Waals surface area contributed by atoms with Crippen LogP contribution in [0.3, 0.4) is 0 Å². The molecule has 4 aromatic heterocycles. The number of fused-ring (bicyclic) bond motifs is 6. The molecule has 0 saturated heterocycles. The highest BCUT2D eigenvalue weighted by Crippen LogP contribution is 2.40. The van der Waals surface area contributed by atoms with Crippen LogP contribution in [0.2, 0.25) is 0 Å². The summed E-state index contributed by atoms with van der Waals surface area (Å²) in [7, 11) is 0. The van der Waals surface area contributed by atoms with E-state index in [1.807, 2.05) is 6.07 Å². The van der Waals surface area contributed by atoms with Gasteiger partial charge in [-0.05, 0) is 59.7 Å². The Morgan fingerprint density at radius 3 is 1.78 bits per heavy atom. The predicted octanol–water partition coefficient (Wildman–Crippen LogP) is 10.8. The summed E-state index contributed by atoms with van der Waals surface area (Å²) in [5.41, 5.74) is 10.6. The van der Waals surface area contributed by atoms with E-state index in [-0.39, 0.29) is 0 Å². The number of aromatic nitrogens is 5. The van der Waals surface area contributed by atoms with Crippen LogP contribution in [0.15, 0.2) is 176 Å². The van der Waals surface area contributed by atoms with E-state index in [2.05, 4.69) is 184 Å². The van der Waals surface area contributed by atoms with Crippen LogP contribution in [0.1, 0.15) is 0 Å². The smallest absolute Gasteiger partial charge is 0.237 e. The lowest BCUT2D eigenvalue weighted by atomic mass is 9.96. The van der Waals surface area contributed by atoms with Gasteiger partial charge in [0.05, 0.1) is 22.2 Å². The lowest BCUT2D eigenvalue weighted by molar-refractivity contribution is 0.990. The molecule has 10 rings (SSSR count). The summed E-state index contributed by atoms with van der Waals surface area (Å²) in [6, 6.07) is 57.4. The zero-order valence-corrected chi connectivity index (χ0v) is 26.5. The van der Waals surface area contributed by atoms with Crippen LogP contribution < -0.4 is 0 Å². The van der Waals surface area contributed by atoms with Gasteiger partial charge in [0.2, 0.25) is 5.95 Å². The summed E-state index contributed by atoms with van der Waals surface area (Å²) in [6.07, 6.45) is 4.27. The zero-order valence-electron chi connectivity index (χ0n) is 26.5. The highest BCUT2D eigenvalue weighted by atomic mass is 15.2. The molecule has 0 radical (unpaired) electrons. The SMILES string of the molecule is c1ccc(-c2ccccc2-c2nc(-n3c4ccccc4c4ccc5c(ccn5-c5ccccc5)c43)nc3c2ccn3-c2ccccc2)cc1. The molecule has 0 unspecified atom stereocenters. The van der Waals surface area contributed by atoms with Gasteiger partial charge in [0.25, 0.3) is 0 Å². The molecule has 6 aromatic carbocycles. The first-order valence-corrected chi connectivity index (χ1v) is 16.5. The Labute approximate surface area is 282 Å². The molecule has 0 atom stereocenters. The molecule has 49 heavy (non-hydrogen) atoms. The molecular weight excluding hydrogens is 599 g/mol. The minimum Gasteiger partial charge on any atom is -0.316 e. The van der Waals surface area contributed by atoms with Crippen LogP contribution in [0, 0.1) is 0 Å². The monoisotopic (exact) mass is 627 g/mol. The Morgan fingerprint density at radius 1 is 0.388 bits per heavy atom. The number of nitrogens with zero attached hydrogens (tertiary/aromatic N) is 5. The number of hydrogen-bond donors (Lipinski definition) is 0. The van der Waals surface area contributed by atoms with Crippen molar-refractivity contribution >= 4 is 43.7 Å². The second-order valence-corrected chi connectivity index (χ2v) is 12.3. The van der Waals surface area contributed by atoms with Gasteiger partial charge >= 0.3 is 0 Å². The van der Waals surface area contributed by atoms with Crippen molar-refractivity contribution in [1.29, 1.82) is 0 Å². The average molecular weight is 628 g/mol. The van der Waals surface area contributed by atoms with Crippen molar-refractivity contribution in [2.45, 2.75) is 0 Å². The topological polar surface area (TPSA) is 40.6 Å². The van der Waals surface area contributed by atoms with E-state index in [4.69, 9.17) is 9.97 Å². The molecule has 0 bridgehead atoms. The van der Waals surface area contributed by atoms with Gasteiger partial charge in [0.15, 0.2) is 5.65 Å². The average Bonchev–Trinajstić information content (AvgIpc) is 3.90. The quantitative estimate of drug-likeness (QED) is 0.190. The third-order valence-electron chi connectivity index (χ3n) is 9.57. The van der Waals surface area contributed by atoms with Crippen LogP contribution in [-0.2, 0) is 0 Å². The van der Waals surface area contributed by atoms with Gasteiger partial charge in [-0.3, -0.25) is 4.57 Å². The zero-order chi connectivity index (χ0) is 32.3. The summed E-state index contributed by atoms with van der Waals surface area (Å²) in [6.45, 7) is 0. The number of rotatable bonds is 5. The van der Waals surface area contributed by atoms with Crippen LogP contribution in [-0.4, -0.2) is 23.7 Å². The third-order valence-corrected chi connectivity index (χ3v) is 9.57. The number of benzene rings is 6. The Balaban J connectivity index is 1.33. The van der Waals surface area contributed by atoms with Crippen molar-refractivity contribution in [2.75, 3.05) is 0 Å². The summed E-state index contributed by atoms with van der Waals surface area (Å²) in [5, 5.41) is 4.48. The first kappa shape index (κ1) is 27.4. The van der Waals surface area contributed by atoms with Gasteiger partial charge in [0.1, 0.15) is 0 Å². The van der Waals surface area contributed by atoms with Gasteiger partial charge in [-0.1, -0.05) is 115 Å². The molecule has 5 nitrogen and oxygen atoms in total. The molecule has 230 valence electrons. The van der Waals surface area contributed by atoms with E-state index in [1.54, 1.807) is 0 Å². The van der Waals surface area contributed by atoms with Crippen molar-refractivity contribution in [3.8, 4) is 39.7 Å². The summed E-state index contributed by atoms with van der Waals surface area (Å²) in [5.74, 6) is 0.632. The van der Waals surface area contributed by atoms with E-state index >= 15 is 0 Å². The van der Waals surface area contributed by atoms with Crippen molar-refractivity contribution in [3.05, 3.63) is 176 Å². The molecule has 0 amide bonds. The highest BCUT2D eigenvalue weighted by molar-refractivity contribution is 6.18. The van der Waals surface area contributed by atoms with Crippen LogP contribution in [0.25, 0.3) is 83.4 Å². The molecule has 0 saturated carbocycles. The Morgan fingerprint density at radius 2 is 1.00 bits per heavy atom. The third kappa shape index (κ3) is 4.26. The lowest BCUT2D eigenvalue weighted by Gasteiger charge is -2.14. The van der Waals surface area contributed by atoms with Gasteiger partial charge in [-0.15, -0.1) is 0 Å². The molecule has 10 aromatic rings. The van der Waals surface area contributed by atoms with Gasteiger partial charge in [-0.25, -0.2) is 4.98 Å². The standard InChI is InChI=1S/C44H29N5/c1-4-14-30(15-5-1)33-20-10-11-22-35(33)41-38-27-29-48(32-18-8-3-9-19-32)43(38)46-44(45-41)49-40-23-13-12-21-34(40)36-24-25-39-37(42(36)49)26-28-47(39)31-16-6-2-7-17-31/h1-29H. The summed E-state index contributed by atoms with van der Waals surface area (Å²) >= 11 is 0. The Hall–Kier alpha value is -6.72. The molecule has 5 heteroatoms. The molecule has 0 N–H and O–H groups in total. The molecule has 0 spiro atoms. The summed E-state index contributed by atoms with van der Waals surface area (Å²) < 4.78 is 6.69. The molecule has 0 fully saturated rings. The molecule has 0 aliphatic rings. The van der Waals surface area contributed by atoms with Crippen LogP contribution >= 0.6 is 0 Å². The fraction of sp³-hybridized carbons (Fsp3) is 0. The second-order valence-electron chi connectivity index (χ2n) is 12.3. The van der Waals surface area contributed by atoms with Gasteiger partial charge < -0.3 is 9.13 Å². The fourth-order valence-electron chi connectivity index (χ4n) is 7.36. The number of hydrogen-bond acceptors (Lipinski definition) is 2. The van der Waals surface area contributed by atoms with E-state index < -0.39 is 0 Å². The second kappa shape index (κ2) is 10.9. The lowest BCUT2D eigenvalue weighted by Crippen LogP contribution is -2.05. The van der Waals surface area contributed by atoms with Crippen molar-refractivity contribution in [2.24, 2.45) is 0 Å². The molecule has 0 aliphatic heterocycles. The molecular formula is C44H29N5. The maximum Gasteiger partial charge on any atom is 0.237 e. The normalized spacial score (nSPS) is 11.7. The Bertz CT molecular complexity index is 2810. The molecule has 0 aliphatic carbocycles. The van der Waals surface area contributed by atoms with Crippen LogP contribution in [0.5, 0.6) is 0 Å². The maximum atomic E-state index is 5.51. The van der Waals surface area contributed by atoms with Crippen molar-refractivity contribution < 1.29 is 0 Å². The van der Waals surface area contributed by atoms with Crippen molar-refractivity contribution in [3.63, 3.8) is 0 Å². The van der Waals surface area contributed by atoms with Crippen LogP contribution in [0.4, 0.5) is 0 Å². The fourth-order valence-corrected chi connectivity index (χ4v) is 7.36. The number of para-hydroxylation sites is 3. The molecule has 4 heterocycles. The summed E-state index contributed by atoms with van der Waals surface area (Å²) in [4.78, 5) is 10.9. The highest BCUT2D eigenvalue weighted by Gasteiger charge is 2.22. The minimum atomic E-state index is 0.632.